The van der Waals surface area contributed by atoms with Crippen molar-refractivity contribution < 1.29 is 9.53 Å². The molecule has 118 valence electrons. The lowest BCUT2D eigenvalue weighted by atomic mass is 10.1. The minimum atomic E-state index is -0.334. The SMILES string of the molecule is COC(=O)Cn1c(Cc2c(Cl)cccc2Cl)nc2ccccc21. The molecule has 0 saturated heterocycles. The fourth-order valence-corrected chi connectivity index (χ4v) is 3.02. The topological polar surface area (TPSA) is 44.1 Å². The van der Waals surface area contributed by atoms with Crippen LogP contribution in [0.2, 0.25) is 10.0 Å². The molecule has 4 nitrogen and oxygen atoms in total. The zero-order chi connectivity index (χ0) is 16.4. The Morgan fingerprint density at radius 1 is 1.13 bits per heavy atom. The van der Waals surface area contributed by atoms with E-state index < -0.39 is 0 Å². The van der Waals surface area contributed by atoms with Gasteiger partial charge in [-0.1, -0.05) is 41.4 Å². The Kier molecular flexibility index (Phi) is 4.55. The van der Waals surface area contributed by atoms with Crippen molar-refractivity contribution in [3.63, 3.8) is 0 Å². The van der Waals surface area contributed by atoms with Crippen LogP contribution in [-0.2, 0) is 22.5 Å². The highest BCUT2D eigenvalue weighted by Crippen LogP contribution is 2.28. The molecule has 0 bridgehead atoms. The van der Waals surface area contributed by atoms with Gasteiger partial charge in [-0.05, 0) is 29.8 Å². The summed E-state index contributed by atoms with van der Waals surface area (Å²) in [6, 6.07) is 13.0. The average molecular weight is 349 g/mol. The van der Waals surface area contributed by atoms with E-state index in [2.05, 4.69) is 4.98 Å². The molecule has 23 heavy (non-hydrogen) atoms. The number of hydrogen-bond acceptors (Lipinski definition) is 3. The van der Waals surface area contributed by atoms with Gasteiger partial charge in [0.05, 0.1) is 18.1 Å². The summed E-state index contributed by atoms with van der Waals surface area (Å²) < 4.78 is 6.62. The molecule has 3 aromatic rings. The molecule has 0 fully saturated rings. The van der Waals surface area contributed by atoms with Crippen molar-refractivity contribution in [2.45, 2.75) is 13.0 Å². The van der Waals surface area contributed by atoms with Crippen molar-refractivity contribution in [1.29, 1.82) is 0 Å². The number of hydrogen-bond donors (Lipinski definition) is 0. The fraction of sp³-hybridized carbons (Fsp3) is 0.176. The van der Waals surface area contributed by atoms with E-state index in [-0.39, 0.29) is 12.5 Å². The van der Waals surface area contributed by atoms with Gasteiger partial charge >= 0.3 is 5.97 Å². The maximum Gasteiger partial charge on any atom is 0.325 e. The summed E-state index contributed by atoms with van der Waals surface area (Å²) in [6.45, 7) is 0.0917. The molecule has 0 saturated carbocycles. The lowest BCUT2D eigenvalue weighted by Crippen LogP contribution is -2.14. The second kappa shape index (κ2) is 6.60. The molecule has 0 aliphatic rings. The van der Waals surface area contributed by atoms with Crippen LogP contribution in [0.15, 0.2) is 42.5 Å². The molecule has 1 aromatic heterocycles. The molecule has 0 aliphatic carbocycles. The quantitative estimate of drug-likeness (QED) is 0.666. The van der Waals surface area contributed by atoms with E-state index in [0.717, 1.165) is 16.6 Å². The van der Waals surface area contributed by atoms with Crippen LogP contribution in [0.25, 0.3) is 11.0 Å². The Morgan fingerprint density at radius 3 is 2.52 bits per heavy atom. The average Bonchev–Trinajstić information content (AvgIpc) is 2.88. The maximum absolute atomic E-state index is 11.7. The summed E-state index contributed by atoms with van der Waals surface area (Å²) in [4.78, 5) is 16.4. The van der Waals surface area contributed by atoms with E-state index in [9.17, 15) is 4.79 Å². The van der Waals surface area contributed by atoms with Gasteiger partial charge in [-0.15, -0.1) is 0 Å². The summed E-state index contributed by atoms with van der Waals surface area (Å²) in [5, 5.41) is 1.16. The van der Waals surface area contributed by atoms with Crippen molar-refractivity contribution >= 4 is 40.2 Å². The summed E-state index contributed by atoms with van der Waals surface area (Å²) in [5.41, 5.74) is 2.47. The number of imidazole rings is 1. The first-order valence-corrected chi connectivity index (χ1v) is 7.79. The van der Waals surface area contributed by atoms with Gasteiger partial charge in [0.15, 0.2) is 0 Å². The fourth-order valence-electron chi connectivity index (χ4n) is 2.49. The maximum atomic E-state index is 11.7. The number of benzene rings is 2. The highest BCUT2D eigenvalue weighted by atomic mass is 35.5. The van der Waals surface area contributed by atoms with Crippen LogP contribution in [0.3, 0.4) is 0 Å². The minimum Gasteiger partial charge on any atom is -0.468 e. The van der Waals surface area contributed by atoms with E-state index >= 15 is 0 Å². The molecule has 0 N–H and O–H groups in total. The Morgan fingerprint density at radius 2 is 1.83 bits per heavy atom. The molecule has 0 amide bonds. The van der Waals surface area contributed by atoms with Gasteiger partial charge in [0.2, 0.25) is 0 Å². The van der Waals surface area contributed by atoms with Gasteiger partial charge in [0.1, 0.15) is 12.4 Å². The minimum absolute atomic E-state index is 0.0917. The monoisotopic (exact) mass is 348 g/mol. The number of esters is 1. The summed E-state index contributed by atoms with van der Waals surface area (Å²) in [5.74, 6) is 0.381. The molecule has 0 aliphatic heterocycles. The van der Waals surface area contributed by atoms with Gasteiger partial charge < -0.3 is 9.30 Å². The molecule has 0 spiro atoms. The van der Waals surface area contributed by atoms with Gasteiger partial charge in [-0.25, -0.2) is 4.98 Å². The largest absolute Gasteiger partial charge is 0.468 e. The molecular formula is C17H14Cl2N2O2. The van der Waals surface area contributed by atoms with Crippen LogP contribution in [0.5, 0.6) is 0 Å². The van der Waals surface area contributed by atoms with Crippen LogP contribution < -0.4 is 0 Å². The first-order valence-electron chi connectivity index (χ1n) is 7.04. The smallest absolute Gasteiger partial charge is 0.325 e. The van der Waals surface area contributed by atoms with E-state index in [1.165, 1.54) is 7.11 Å². The standard InChI is InChI=1S/C17H14Cl2N2O2/c1-23-17(22)10-21-15-8-3-2-7-14(15)20-16(21)9-11-12(18)5-4-6-13(11)19/h2-8H,9-10H2,1H3. The van der Waals surface area contributed by atoms with Gasteiger partial charge in [-0.2, -0.15) is 0 Å². The molecule has 6 heteroatoms. The normalized spacial score (nSPS) is 10.9. The van der Waals surface area contributed by atoms with E-state index in [4.69, 9.17) is 27.9 Å². The van der Waals surface area contributed by atoms with E-state index in [1.807, 2.05) is 28.8 Å². The predicted octanol–water partition coefficient (Wildman–Crippen LogP) is 4.11. The molecule has 2 aromatic carbocycles. The van der Waals surface area contributed by atoms with Crippen LogP contribution in [0, 0.1) is 0 Å². The third-order valence-corrected chi connectivity index (χ3v) is 4.35. The lowest BCUT2D eigenvalue weighted by Gasteiger charge is -2.10. The first kappa shape index (κ1) is 15.8. The molecule has 1 heterocycles. The number of halogens is 2. The summed E-state index contributed by atoms with van der Waals surface area (Å²) >= 11 is 12.5. The zero-order valence-corrected chi connectivity index (χ0v) is 13.9. The second-order valence-electron chi connectivity index (χ2n) is 5.06. The van der Waals surface area contributed by atoms with Crippen LogP contribution in [0.1, 0.15) is 11.4 Å². The second-order valence-corrected chi connectivity index (χ2v) is 5.87. The predicted molar refractivity (Wildman–Crippen MR) is 91.0 cm³/mol. The number of rotatable bonds is 4. The van der Waals surface area contributed by atoms with Crippen LogP contribution >= 0.6 is 23.2 Å². The van der Waals surface area contributed by atoms with Crippen molar-refractivity contribution in [1.82, 2.24) is 9.55 Å². The van der Waals surface area contributed by atoms with Crippen LogP contribution in [0.4, 0.5) is 0 Å². The number of carbonyl (C=O) groups is 1. The number of methoxy groups -OCH3 is 1. The van der Waals surface area contributed by atoms with Crippen molar-refractivity contribution in [3.05, 3.63) is 63.9 Å². The van der Waals surface area contributed by atoms with Gasteiger partial charge in [0, 0.05) is 16.5 Å². The number of para-hydroxylation sites is 2. The Bertz CT molecular complexity index is 854. The number of aromatic nitrogens is 2. The number of nitrogens with zero attached hydrogens (tertiary/aromatic N) is 2. The number of fused-ring (bicyclic) bond motifs is 1. The Balaban J connectivity index is 2.09. The number of ether oxygens (including phenoxy) is 1. The zero-order valence-electron chi connectivity index (χ0n) is 12.4. The van der Waals surface area contributed by atoms with Gasteiger partial charge in [-0.3, -0.25) is 4.79 Å². The molecule has 0 radical (unpaired) electrons. The Labute approximate surface area is 143 Å². The van der Waals surface area contributed by atoms with Crippen molar-refractivity contribution in [2.24, 2.45) is 0 Å². The number of carbonyl (C=O) groups excluding carboxylic acids is 1. The summed E-state index contributed by atoms with van der Waals surface area (Å²) in [7, 11) is 1.37. The Hall–Kier alpha value is -2.04. The van der Waals surface area contributed by atoms with Crippen LogP contribution in [-0.4, -0.2) is 22.6 Å². The summed E-state index contributed by atoms with van der Waals surface area (Å²) in [6.07, 6.45) is 0.435. The lowest BCUT2D eigenvalue weighted by molar-refractivity contribution is -0.141. The van der Waals surface area contributed by atoms with Crippen molar-refractivity contribution in [3.8, 4) is 0 Å². The molecule has 0 atom stereocenters. The highest BCUT2D eigenvalue weighted by Gasteiger charge is 2.16. The van der Waals surface area contributed by atoms with Gasteiger partial charge in [0.25, 0.3) is 0 Å². The van der Waals surface area contributed by atoms with E-state index in [0.29, 0.717) is 22.3 Å². The third kappa shape index (κ3) is 3.19. The third-order valence-electron chi connectivity index (χ3n) is 3.65. The molecule has 0 unspecified atom stereocenters. The molecular weight excluding hydrogens is 335 g/mol. The van der Waals surface area contributed by atoms with E-state index in [1.54, 1.807) is 18.2 Å². The first-order chi connectivity index (χ1) is 11.1. The molecule has 3 rings (SSSR count). The van der Waals surface area contributed by atoms with Crippen molar-refractivity contribution in [2.75, 3.05) is 7.11 Å². The highest BCUT2D eigenvalue weighted by molar-refractivity contribution is 6.36.